The van der Waals surface area contributed by atoms with Gasteiger partial charge in [-0.3, -0.25) is 0 Å². The van der Waals surface area contributed by atoms with E-state index < -0.39 is 0 Å². The molecule has 0 radical (unpaired) electrons. The van der Waals surface area contributed by atoms with Gasteiger partial charge in [0, 0.05) is 16.9 Å². The Hall–Kier alpha value is -3.70. The lowest BCUT2D eigenvalue weighted by Crippen LogP contribution is -2.38. The maximum Gasteiger partial charge on any atom is 0.323 e. The van der Waals surface area contributed by atoms with Gasteiger partial charge in [0.1, 0.15) is 5.75 Å². The lowest BCUT2D eigenvalue weighted by atomic mass is 10.0. The van der Waals surface area contributed by atoms with Crippen LogP contribution in [0.4, 0.5) is 10.5 Å². The summed E-state index contributed by atoms with van der Waals surface area (Å²) in [6.07, 6.45) is 2.04. The fourth-order valence-corrected chi connectivity index (χ4v) is 4.50. The lowest BCUT2D eigenvalue weighted by molar-refractivity contribution is 0.194. The minimum absolute atomic E-state index is 0.202. The first kappa shape index (κ1) is 21.2. The van der Waals surface area contributed by atoms with Crippen molar-refractivity contribution in [2.75, 3.05) is 11.9 Å². The van der Waals surface area contributed by atoms with Crippen molar-refractivity contribution in [2.45, 2.75) is 19.5 Å². The van der Waals surface area contributed by atoms with E-state index in [0.29, 0.717) is 29.6 Å². The van der Waals surface area contributed by atoms with Crippen molar-refractivity contribution in [3.05, 3.63) is 113 Å². The van der Waals surface area contributed by atoms with Crippen LogP contribution in [0.25, 0.3) is 5.69 Å². The minimum Gasteiger partial charge on any atom is -0.492 e. The van der Waals surface area contributed by atoms with Gasteiger partial charge in [-0.05, 0) is 60.5 Å². The van der Waals surface area contributed by atoms with Crippen LogP contribution in [0, 0.1) is 0 Å². The number of anilines is 1. The number of nitrogens with zero attached hydrogens (tertiary/aromatic N) is 2. The average Bonchev–Trinajstić information content (AvgIpc) is 3.26. The molecule has 5 rings (SSSR count). The number of aromatic nitrogens is 1. The molecule has 1 aliphatic heterocycles. The molecule has 1 aromatic heterocycles. The first-order chi connectivity index (χ1) is 16.2. The Bertz CT molecular complexity index is 1280. The van der Waals surface area contributed by atoms with E-state index in [1.165, 1.54) is 0 Å². The van der Waals surface area contributed by atoms with Gasteiger partial charge in [0.15, 0.2) is 0 Å². The summed E-state index contributed by atoms with van der Waals surface area (Å²) in [7, 11) is 0. The van der Waals surface area contributed by atoms with Gasteiger partial charge < -0.3 is 19.5 Å². The van der Waals surface area contributed by atoms with E-state index in [4.69, 9.17) is 16.3 Å². The van der Waals surface area contributed by atoms with Crippen molar-refractivity contribution in [1.29, 1.82) is 0 Å². The van der Waals surface area contributed by atoms with E-state index in [1.54, 1.807) is 0 Å². The first-order valence-corrected chi connectivity index (χ1v) is 11.3. The molecule has 0 spiro atoms. The van der Waals surface area contributed by atoms with Crippen LogP contribution in [0.15, 0.2) is 91.1 Å². The summed E-state index contributed by atoms with van der Waals surface area (Å²) in [4.78, 5) is 15.7. The van der Waals surface area contributed by atoms with Crippen molar-refractivity contribution >= 4 is 23.3 Å². The highest BCUT2D eigenvalue weighted by molar-refractivity contribution is 6.30. The van der Waals surface area contributed by atoms with Crippen molar-refractivity contribution in [3.63, 3.8) is 0 Å². The molecule has 1 N–H and O–H groups in total. The largest absolute Gasteiger partial charge is 0.492 e. The monoisotopic (exact) mass is 457 g/mol. The molecule has 6 heteroatoms. The third-order valence-corrected chi connectivity index (χ3v) is 6.09. The maximum atomic E-state index is 13.8. The smallest absolute Gasteiger partial charge is 0.323 e. The molecule has 5 nitrogen and oxygen atoms in total. The van der Waals surface area contributed by atoms with Crippen LogP contribution < -0.4 is 10.1 Å². The first-order valence-electron chi connectivity index (χ1n) is 11.0. The molecular formula is C27H24ClN3O2. The molecule has 0 bridgehead atoms. The van der Waals surface area contributed by atoms with Crippen molar-refractivity contribution in [3.8, 4) is 11.4 Å². The molecule has 2 amide bonds. The molecule has 2 heterocycles. The summed E-state index contributed by atoms with van der Waals surface area (Å²) in [6.45, 7) is 2.90. The number of hydrogen-bond acceptors (Lipinski definition) is 2. The predicted molar refractivity (Wildman–Crippen MR) is 131 cm³/mol. The van der Waals surface area contributed by atoms with Crippen LogP contribution in [0.5, 0.6) is 5.75 Å². The number of nitrogens with one attached hydrogen (secondary N) is 1. The third-order valence-electron chi connectivity index (χ3n) is 5.84. The highest BCUT2D eigenvalue weighted by Crippen LogP contribution is 2.37. The van der Waals surface area contributed by atoms with Gasteiger partial charge in [0.05, 0.1) is 30.6 Å². The molecule has 3 aromatic carbocycles. The van der Waals surface area contributed by atoms with Gasteiger partial charge in [-0.15, -0.1) is 0 Å². The third kappa shape index (κ3) is 4.08. The lowest BCUT2D eigenvalue weighted by Gasteiger charge is -2.31. The predicted octanol–water partition coefficient (Wildman–Crippen LogP) is 6.67. The van der Waals surface area contributed by atoms with Crippen LogP contribution >= 0.6 is 11.6 Å². The Kier molecular flexibility index (Phi) is 5.80. The number of hydrogen-bond donors (Lipinski definition) is 1. The van der Waals surface area contributed by atoms with Gasteiger partial charge in [-0.2, -0.15) is 0 Å². The Labute approximate surface area is 198 Å². The number of ether oxygens (including phenoxy) is 1. The quantitative estimate of drug-likeness (QED) is 0.372. The van der Waals surface area contributed by atoms with E-state index in [0.717, 1.165) is 22.5 Å². The fourth-order valence-electron chi connectivity index (χ4n) is 4.37. The van der Waals surface area contributed by atoms with Crippen LogP contribution in [-0.4, -0.2) is 22.1 Å². The Balaban J connectivity index is 1.61. The molecule has 1 unspecified atom stereocenters. The van der Waals surface area contributed by atoms with Crippen molar-refractivity contribution in [2.24, 2.45) is 0 Å². The SMILES string of the molecule is CCOc1ccccc1NC(=O)N1Cc2ccccc2-n2cccc2C1c1ccc(Cl)cc1. The molecule has 0 saturated carbocycles. The summed E-state index contributed by atoms with van der Waals surface area (Å²) in [5.41, 5.74) is 4.78. The maximum absolute atomic E-state index is 13.8. The van der Waals surface area contributed by atoms with Gasteiger partial charge in [0.25, 0.3) is 0 Å². The molecule has 33 heavy (non-hydrogen) atoms. The summed E-state index contributed by atoms with van der Waals surface area (Å²) < 4.78 is 7.89. The highest BCUT2D eigenvalue weighted by atomic mass is 35.5. The standard InChI is InChI=1S/C27H24ClN3O2/c1-2-33-25-12-6-4-9-22(25)29-27(32)31-18-20-8-3-5-10-23(20)30-17-7-11-24(30)26(31)19-13-15-21(28)16-14-19/h3-17,26H,2,18H2,1H3,(H,29,32). The van der Waals surface area contributed by atoms with Crippen molar-refractivity contribution in [1.82, 2.24) is 9.47 Å². The van der Waals surface area contributed by atoms with Crippen LogP contribution in [-0.2, 0) is 6.54 Å². The number of benzene rings is 3. The summed E-state index contributed by atoms with van der Waals surface area (Å²) in [5.74, 6) is 0.648. The summed E-state index contributed by atoms with van der Waals surface area (Å²) in [5, 5.41) is 3.74. The van der Waals surface area contributed by atoms with E-state index >= 15 is 0 Å². The molecule has 1 aliphatic rings. The zero-order chi connectivity index (χ0) is 22.8. The average molecular weight is 458 g/mol. The number of fused-ring (bicyclic) bond motifs is 3. The number of halogens is 1. The number of para-hydroxylation sites is 3. The van der Waals surface area contributed by atoms with Gasteiger partial charge in [-0.1, -0.05) is 54.1 Å². The fraction of sp³-hybridized carbons (Fsp3) is 0.148. The van der Waals surface area contributed by atoms with Gasteiger partial charge in [-0.25, -0.2) is 4.79 Å². The summed E-state index contributed by atoms with van der Waals surface area (Å²) >= 11 is 6.18. The number of urea groups is 1. The Morgan fingerprint density at radius 3 is 2.58 bits per heavy atom. The number of rotatable bonds is 4. The topological polar surface area (TPSA) is 46.5 Å². The number of amides is 2. The van der Waals surface area contributed by atoms with Crippen molar-refractivity contribution < 1.29 is 9.53 Å². The van der Waals surface area contributed by atoms with Crippen LogP contribution in [0.3, 0.4) is 0 Å². The number of carbonyl (C=O) groups is 1. The molecule has 1 atom stereocenters. The second-order valence-electron chi connectivity index (χ2n) is 7.87. The Morgan fingerprint density at radius 2 is 1.76 bits per heavy atom. The normalized spacial score (nSPS) is 14.7. The van der Waals surface area contributed by atoms with Gasteiger partial charge >= 0.3 is 6.03 Å². The number of carbonyl (C=O) groups excluding carboxylic acids is 1. The van der Waals surface area contributed by atoms with E-state index in [2.05, 4.69) is 28.1 Å². The molecular weight excluding hydrogens is 434 g/mol. The van der Waals surface area contributed by atoms with E-state index in [-0.39, 0.29) is 12.1 Å². The molecule has 4 aromatic rings. The summed E-state index contributed by atoms with van der Waals surface area (Å²) in [6, 6.07) is 26.9. The zero-order valence-electron chi connectivity index (χ0n) is 18.2. The molecule has 0 aliphatic carbocycles. The minimum atomic E-state index is -0.302. The van der Waals surface area contributed by atoms with Crippen LogP contribution in [0.1, 0.15) is 29.8 Å². The zero-order valence-corrected chi connectivity index (χ0v) is 19.0. The van der Waals surface area contributed by atoms with E-state index in [1.807, 2.05) is 84.8 Å². The molecule has 166 valence electrons. The molecule has 0 fully saturated rings. The van der Waals surface area contributed by atoms with Crippen LogP contribution in [0.2, 0.25) is 5.02 Å². The Morgan fingerprint density at radius 1 is 1.00 bits per heavy atom. The highest BCUT2D eigenvalue weighted by Gasteiger charge is 2.33. The molecule has 0 saturated heterocycles. The second kappa shape index (κ2) is 9.04. The second-order valence-corrected chi connectivity index (χ2v) is 8.31. The van der Waals surface area contributed by atoms with E-state index in [9.17, 15) is 4.79 Å². The van der Waals surface area contributed by atoms with Gasteiger partial charge in [0.2, 0.25) is 0 Å².